The molecule has 0 spiro atoms. The van der Waals surface area contributed by atoms with Crippen molar-refractivity contribution < 1.29 is 17.9 Å². The van der Waals surface area contributed by atoms with E-state index in [0.29, 0.717) is 34.8 Å². The molecule has 0 heterocycles. The van der Waals surface area contributed by atoms with Crippen LogP contribution in [0.5, 0.6) is 11.5 Å². The van der Waals surface area contributed by atoms with Gasteiger partial charge < -0.3 is 9.47 Å². The summed E-state index contributed by atoms with van der Waals surface area (Å²) < 4.78 is 39.4. The molecule has 0 amide bonds. The van der Waals surface area contributed by atoms with E-state index in [1.165, 1.54) is 0 Å². The highest BCUT2D eigenvalue weighted by Gasteiger charge is 2.19. The molecular weight excluding hydrogens is 623 g/mol. The van der Waals surface area contributed by atoms with E-state index in [1.807, 2.05) is 84.9 Å². The van der Waals surface area contributed by atoms with E-state index in [4.69, 9.17) is 32.7 Å². The van der Waals surface area contributed by atoms with E-state index in [2.05, 4.69) is 0 Å². The summed E-state index contributed by atoms with van der Waals surface area (Å²) in [6.07, 6.45) is 0. The number of sulfone groups is 1. The molecule has 0 aliphatic heterocycles. The topological polar surface area (TPSA) is 52.6 Å². The summed E-state index contributed by atoms with van der Waals surface area (Å²) in [5.74, 6) is 1.31. The van der Waals surface area contributed by atoms with Crippen molar-refractivity contribution in [3.05, 3.63) is 167 Å². The molecule has 0 bridgehead atoms. The third-order valence-corrected chi connectivity index (χ3v) is 9.56. The van der Waals surface area contributed by atoms with Gasteiger partial charge in [0.25, 0.3) is 0 Å². The number of rotatable bonds is 10. The molecule has 6 aromatic carbocycles. The highest BCUT2D eigenvalue weighted by molar-refractivity contribution is 7.91. The highest BCUT2D eigenvalue weighted by Crippen LogP contribution is 2.36. The molecule has 0 unspecified atom stereocenters. The summed E-state index contributed by atoms with van der Waals surface area (Å²) in [6.45, 7) is 0.793. The van der Waals surface area contributed by atoms with Gasteiger partial charge in [0.2, 0.25) is 9.84 Å². The molecule has 0 radical (unpaired) electrons. The Labute approximate surface area is 273 Å². The van der Waals surface area contributed by atoms with Gasteiger partial charge in [-0.15, -0.1) is 0 Å². The van der Waals surface area contributed by atoms with Crippen molar-refractivity contribution in [2.45, 2.75) is 23.0 Å². The maximum absolute atomic E-state index is 13.6. The first-order valence-electron chi connectivity index (χ1n) is 14.3. The molecule has 0 fully saturated rings. The zero-order valence-electron chi connectivity index (χ0n) is 24.1. The van der Waals surface area contributed by atoms with Crippen molar-refractivity contribution in [2.75, 3.05) is 0 Å². The van der Waals surface area contributed by atoms with Gasteiger partial charge in [-0.25, -0.2) is 8.42 Å². The monoisotopic (exact) mass is 650 g/mol. The first-order chi connectivity index (χ1) is 21.9. The zero-order chi connectivity index (χ0) is 31.2. The van der Waals surface area contributed by atoms with Gasteiger partial charge in [-0.1, -0.05) is 108 Å². The average Bonchev–Trinajstić information content (AvgIpc) is 3.08. The number of hydrogen-bond acceptors (Lipinski definition) is 4. The second kappa shape index (κ2) is 13.6. The molecule has 0 saturated carbocycles. The summed E-state index contributed by atoms with van der Waals surface area (Å²) in [6, 6.07) is 44.1. The summed E-state index contributed by atoms with van der Waals surface area (Å²) in [5.41, 5.74) is 5.21. The van der Waals surface area contributed by atoms with Gasteiger partial charge in [0, 0.05) is 21.2 Å². The first-order valence-corrected chi connectivity index (χ1v) is 16.5. The van der Waals surface area contributed by atoms with Gasteiger partial charge >= 0.3 is 0 Å². The van der Waals surface area contributed by atoms with Crippen molar-refractivity contribution in [2.24, 2.45) is 0 Å². The fourth-order valence-corrected chi connectivity index (χ4v) is 6.55. The normalized spacial score (nSPS) is 11.2. The lowest BCUT2D eigenvalue weighted by Crippen LogP contribution is -2.02. The van der Waals surface area contributed by atoms with E-state index in [-0.39, 0.29) is 9.79 Å². The molecule has 45 heavy (non-hydrogen) atoms. The summed E-state index contributed by atoms with van der Waals surface area (Å²) in [4.78, 5) is 0.366. The third kappa shape index (κ3) is 7.23. The third-order valence-electron chi connectivity index (χ3n) is 7.31. The molecule has 0 N–H and O–H groups in total. The van der Waals surface area contributed by atoms with E-state index >= 15 is 0 Å². The Morgan fingerprint density at radius 1 is 0.467 bits per heavy atom. The second-order valence-electron chi connectivity index (χ2n) is 10.4. The Morgan fingerprint density at radius 2 is 0.844 bits per heavy atom. The van der Waals surface area contributed by atoms with Crippen LogP contribution in [-0.2, 0) is 23.1 Å². The van der Waals surface area contributed by atoms with Gasteiger partial charge in [0.05, 0.1) is 9.79 Å². The van der Waals surface area contributed by atoms with E-state index in [0.717, 1.165) is 33.4 Å². The van der Waals surface area contributed by atoms with Crippen molar-refractivity contribution in [1.29, 1.82) is 0 Å². The zero-order valence-corrected chi connectivity index (χ0v) is 26.4. The fraction of sp³-hybridized carbons (Fsp3) is 0.0526. The Kier molecular flexibility index (Phi) is 9.22. The van der Waals surface area contributed by atoms with Crippen LogP contribution in [0.3, 0.4) is 0 Å². The second-order valence-corrected chi connectivity index (χ2v) is 13.2. The Hall–Kier alpha value is -4.55. The minimum Gasteiger partial charge on any atom is -0.488 e. The van der Waals surface area contributed by atoms with Gasteiger partial charge in [-0.05, 0) is 82.9 Å². The summed E-state index contributed by atoms with van der Waals surface area (Å²) >= 11 is 12.6. The quantitative estimate of drug-likeness (QED) is 0.148. The summed E-state index contributed by atoms with van der Waals surface area (Å²) in [5, 5.41) is 1.12. The highest BCUT2D eigenvalue weighted by atomic mass is 35.5. The average molecular weight is 652 g/mol. The minimum absolute atomic E-state index is 0.183. The van der Waals surface area contributed by atoms with Crippen LogP contribution in [0, 0.1) is 0 Å². The van der Waals surface area contributed by atoms with Crippen LogP contribution < -0.4 is 9.47 Å². The Bertz CT molecular complexity index is 1870. The van der Waals surface area contributed by atoms with E-state index in [9.17, 15) is 8.42 Å². The lowest BCUT2D eigenvalue weighted by Gasteiger charge is -2.14. The van der Waals surface area contributed by atoms with Gasteiger partial charge in [-0.3, -0.25) is 0 Å². The van der Waals surface area contributed by atoms with Crippen LogP contribution in [0.2, 0.25) is 10.0 Å². The number of ether oxygens (including phenoxy) is 2. The molecule has 0 aliphatic rings. The molecular formula is C38H28Cl2O4S. The lowest BCUT2D eigenvalue weighted by atomic mass is 10.0. The fourth-order valence-electron chi connectivity index (χ4n) is 4.94. The molecule has 6 aromatic rings. The number of hydrogen-bond donors (Lipinski definition) is 0. The summed E-state index contributed by atoms with van der Waals surface area (Å²) in [7, 11) is -3.78. The van der Waals surface area contributed by atoms with Crippen molar-refractivity contribution in [3.63, 3.8) is 0 Å². The molecule has 0 aliphatic carbocycles. The largest absolute Gasteiger partial charge is 0.488 e. The lowest BCUT2D eigenvalue weighted by molar-refractivity contribution is 0.307. The Balaban J connectivity index is 1.22. The molecule has 6 rings (SSSR count). The standard InChI is InChI=1S/C38H28Cl2O4S/c39-31-15-21-37(43-25-27-7-3-1-4-8-27)35(23-31)29-11-17-33(18-12-29)45(41,42)34-19-13-30(14-20-34)36-24-32(40)16-22-38(36)44-26-28-9-5-2-6-10-28/h1-24H,25-26H2. The predicted octanol–water partition coefficient (Wildman–Crippen LogP) is 10.3. The smallest absolute Gasteiger partial charge is 0.206 e. The minimum atomic E-state index is -3.78. The van der Waals surface area contributed by atoms with Crippen molar-refractivity contribution >= 4 is 33.0 Å². The molecule has 4 nitrogen and oxygen atoms in total. The van der Waals surface area contributed by atoms with Gasteiger partial charge in [-0.2, -0.15) is 0 Å². The van der Waals surface area contributed by atoms with Crippen LogP contribution in [0.1, 0.15) is 11.1 Å². The van der Waals surface area contributed by atoms with Crippen LogP contribution in [0.4, 0.5) is 0 Å². The van der Waals surface area contributed by atoms with Crippen molar-refractivity contribution in [3.8, 4) is 33.8 Å². The Morgan fingerprint density at radius 3 is 1.22 bits per heavy atom. The first kappa shape index (κ1) is 30.5. The van der Waals surface area contributed by atoms with E-state index < -0.39 is 9.84 Å². The van der Waals surface area contributed by atoms with Crippen LogP contribution in [-0.4, -0.2) is 8.42 Å². The van der Waals surface area contributed by atoms with Gasteiger partial charge in [0.1, 0.15) is 24.7 Å². The predicted molar refractivity (Wildman–Crippen MR) is 181 cm³/mol. The number of benzene rings is 6. The SMILES string of the molecule is O=S(=O)(c1ccc(-c2cc(Cl)ccc2OCc2ccccc2)cc1)c1ccc(-c2cc(Cl)ccc2OCc2ccccc2)cc1. The maximum atomic E-state index is 13.6. The van der Waals surface area contributed by atoms with Crippen LogP contribution in [0.15, 0.2) is 155 Å². The molecule has 7 heteroatoms. The molecule has 0 aromatic heterocycles. The van der Waals surface area contributed by atoms with Crippen molar-refractivity contribution in [1.82, 2.24) is 0 Å². The maximum Gasteiger partial charge on any atom is 0.206 e. The molecule has 0 saturated heterocycles. The van der Waals surface area contributed by atoms with Crippen LogP contribution >= 0.6 is 23.2 Å². The van der Waals surface area contributed by atoms with Crippen LogP contribution in [0.25, 0.3) is 22.3 Å². The van der Waals surface area contributed by atoms with E-state index in [1.54, 1.807) is 60.7 Å². The molecule has 0 atom stereocenters. The molecule has 224 valence electrons. The number of halogens is 2. The van der Waals surface area contributed by atoms with Gasteiger partial charge in [0.15, 0.2) is 0 Å².